The summed E-state index contributed by atoms with van der Waals surface area (Å²) in [6.45, 7) is 85.2. The molecule has 5 unspecified atom stereocenters. The van der Waals surface area contributed by atoms with Crippen LogP contribution in [0.15, 0.2) is 185 Å². The van der Waals surface area contributed by atoms with Crippen LogP contribution in [0.3, 0.4) is 0 Å². The SMILES string of the molecule is C=CC(C)C.C=CC(C)C.C=CC(C)C.C=CC(C)C.C=CC(C)C.CCCCCOC1CO1.CCCCCOC1CO1.CCCCCOC1CO1.CCCCCOC1CO1.CCCCCOC1CO1.CCc1ccccc1.C[Si](C)(C)C1CCCCC1.C[Si](C)(C)c1ccccc1.C[Si](C)(C1CCCCC1)C1CCCCC1.C[Si](C)(c1ccccc1)c1ccccc1. The summed E-state index contributed by atoms with van der Waals surface area (Å²) < 4.78 is 50.5. The van der Waals surface area contributed by atoms with Gasteiger partial charge in [-0.25, -0.2) is 0 Å². The first kappa shape index (κ1) is 128. The van der Waals surface area contributed by atoms with Crippen LogP contribution in [0.4, 0.5) is 0 Å². The van der Waals surface area contributed by atoms with Crippen molar-refractivity contribution in [2.24, 2.45) is 29.6 Å². The van der Waals surface area contributed by atoms with Crippen LogP contribution in [0.25, 0.3) is 0 Å². The number of allylic oxidation sites excluding steroid dienone is 5. The number of rotatable bonds is 37. The summed E-state index contributed by atoms with van der Waals surface area (Å²) in [5.41, 5.74) is 4.90. The van der Waals surface area contributed by atoms with E-state index in [1.807, 2.05) is 36.4 Å². The molecule has 5 saturated heterocycles. The zero-order valence-electron chi connectivity index (χ0n) is 88.5. The standard InChI is InChI=1S/C14H28Si.C14H16Si.C9H20Si.C9H14Si.C8H10.5C7H14O2.5C5H10/c2*1-15(2,13-9-5-3-6-10-13)14-11-7-4-8-12-14;2*1-10(2,3)9-7-5-4-6-8-9;1-2-8-6-4-3-5-7-8;5*1-2-3-4-5-8-7-6-9-7;5*1-4-5(2)3/h13-14H,3-12H2,1-2H3;3-12H,1-2H3;9H,4-8H2,1-3H3;4-8H,1-3H3;3-7H,2H2,1H3;5*7H,2-6H2,1H3;5*4-5H,1H2,2-3H3. The van der Waals surface area contributed by atoms with E-state index < -0.39 is 32.3 Å². The fraction of sp³-hybridized carbons (Fsp3) is 0.702. The largest absolute Gasteiger partial charge is 0.350 e. The first-order chi connectivity index (χ1) is 61.1. The van der Waals surface area contributed by atoms with E-state index in [2.05, 4.69) is 324 Å². The van der Waals surface area contributed by atoms with Gasteiger partial charge in [0.25, 0.3) is 0 Å². The summed E-state index contributed by atoms with van der Waals surface area (Å²) in [4.78, 5) is 0. The Bertz CT molecular complexity index is 2760. The van der Waals surface area contributed by atoms with E-state index in [-0.39, 0.29) is 31.5 Å². The molecule has 10 nitrogen and oxygen atoms in total. The third kappa shape index (κ3) is 85.0. The Hall–Kier alpha value is -3.95. The molecule has 4 aromatic carbocycles. The Labute approximate surface area is 799 Å². The molecule has 5 atom stereocenters. The Morgan fingerprint density at radius 2 is 0.484 bits per heavy atom. The molecule has 0 bridgehead atoms. The fourth-order valence-electron chi connectivity index (χ4n) is 13.0. The minimum absolute atomic E-state index is 0.154. The van der Waals surface area contributed by atoms with Crippen molar-refractivity contribution in [1.29, 1.82) is 0 Å². The fourth-order valence-corrected chi connectivity index (χ4v) is 23.2. The van der Waals surface area contributed by atoms with Crippen LogP contribution in [0.2, 0.25) is 82.1 Å². The molecule has 8 aliphatic rings. The minimum Gasteiger partial charge on any atom is -0.350 e. The van der Waals surface area contributed by atoms with Crippen molar-refractivity contribution in [3.8, 4) is 0 Å². The molecule has 0 aromatic heterocycles. The summed E-state index contributed by atoms with van der Waals surface area (Å²) in [5, 5.41) is 4.53. The maximum absolute atomic E-state index is 5.23. The Kier molecular flexibility index (Phi) is 84.9. The molecule has 0 amide bonds. The average Bonchev–Trinajstić information content (AvgIpc) is 1.74. The minimum atomic E-state index is -1.46. The van der Waals surface area contributed by atoms with E-state index in [0.29, 0.717) is 29.6 Å². The second-order valence-electron chi connectivity index (χ2n) is 40.1. The lowest BCUT2D eigenvalue weighted by Crippen LogP contribution is -2.52. The van der Waals surface area contributed by atoms with Crippen LogP contribution >= 0.6 is 0 Å². The molecule has 740 valence electrons. The zero-order valence-corrected chi connectivity index (χ0v) is 92.5. The quantitative estimate of drug-likeness (QED) is 0.0187. The van der Waals surface area contributed by atoms with Crippen LogP contribution < -0.4 is 15.6 Å². The average molecular weight is 1850 g/mol. The number of ether oxygens (including phenoxy) is 10. The number of aryl methyl sites for hydroxylation is 1. The predicted molar refractivity (Wildman–Crippen MR) is 577 cm³/mol. The van der Waals surface area contributed by atoms with Crippen molar-refractivity contribution in [2.45, 2.75) is 423 Å². The van der Waals surface area contributed by atoms with Crippen molar-refractivity contribution in [1.82, 2.24) is 0 Å². The van der Waals surface area contributed by atoms with Gasteiger partial charge in [0.1, 0.15) is 41.1 Å². The van der Waals surface area contributed by atoms with E-state index >= 15 is 0 Å². The Morgan fingerprint density at radius 3 is 0.633 bits per heavy atom. The van der Waals surface area contributed by atoms with Gasteiger partial charge in [-0.15, -0.1) is 32.9 Å². The third-order valence-corrected chi connectivity index (χ3v) is 37.2. The van der Waals surface area contributed by atoms with Crippen LogP contribution in [-0.2, 0) is 53.8 Å². The second-order valence-corrected chi connectivity index (χ2v) is 60.4. The smallest absolute Gasteiger partial charge is 0.181 e. The summed E-state index contributed by atoms with van der Waals surface area (Å²) in [7, 11) is -4.15. The second kappa shape index (κ2) is 84.8. The van der Waals surface area contributed by atoms with Gasteiger partial charge in [-0.1, -0.05) is 504 Å². The van der Waals surface area contributed by atoms with E-state index in [1.165, 1.54) is 199 Å². The molecule has 3 aliphatic carbocycles. The van der Waals surface area contributed by atoms with Gasteiger partial charge in [0.2, 0.25) is 0 Å². The summed E-state index contributed by atoms with van der Waals surface area (Å²) in [5.74, 6) is 3.24. The molecule has 14 heteroatoms. The lowest BCUT2D eigenvalue weighted by Gasteiger charge is -2.43. The predicted octanol–water partition coefficient (Wildman–Crippen LogP) is 32.9. The highest BCUT2D eigenvalue weighted by Gasteiger charge is 2.40. The monoisotopic (exact) mass is 1850 g/mol. The summed E-state index contributed by atoms with van der Waals surface area (Å²) in [6, 6.07) is 42.9. The molecular formula is C114H208O10Si4. The molecule has 0 spiro atoms. The van der Waals surface area contributed by atoms with Gasteiger partial charge in [0.15, 0.2) is 31.5 Å². The van der Waals surface area contributed by atoms with E-state index in [0.717, 1.165) is 78.0 Å². The van der Waals surface area contributed by atoms with Gasteiger partial charge in [0.05, 0.1) is 16.1 Å². The molecule has 12 rings (SSSR count). The van der Waals surface area contributed by atoms with Crippen LogP contribution in [0, 0.1) is 29.6 Å². The van der Waals surface area contributed by atoms with Gasteiger partial charge < -0.3 is 47.4 Å². The molecule has 0 radical (unpaired) electrons. The maximum atomic E-state index is 5.23. The van der Waals surface area contributed by atoms with Crippen molar-refractivity contribution in [3.05, 3.63) is 190 Å². The molecular weight excluding hydrogens is 1640 g/mol. The first-order valence-electron chi connectivity index (χ1n) is 51.6. The molecule has 5 heterocycles. The number of hydrogen-bond acceptors (Lipinski definition) is 10. The first-order valence-corrected chi connectivity index (χ1v) is 64.8. The molecule has 8 fully saturated rings. The van der Waals surface area contributed by atoms with Gasteiger partial charge in [-0.05, 0) is 90.3 Å². The van der Waals surface area contributed by atoms with Gasteiger partial charge in [-0.2, -0.15) is 0 Å². The molecule has 0 N–H and O–H groups in total. The van der Waals surface area contributed by atoms with Gasteiger partial charge in [0, 0.05) is 41.1 Å². The van der Waals surface area contributed by atoms with Crippen molar-refractivity contribution in [3.63, 3.8) is 0 Å². The van der Waals surface area contributed by atoms with E-state index in [1.54, 1.807) is 25.7 Å². The van der Waals surface area contributed by atoms with Crippen LogP contribution in [-0.4, -0.2) is 130 Å². The highest BCUT2D eigenvalue weighted by molar-refractivity contribution is 7.00. The number of benzene rings is 4. The van der Waals surface area contributed by atoms with Crippen molar-refractivity contribution in [2.75, 3.05) is 66.1 Å². The van der Waals surface area contributed by atoms with Crippen LogP contribution in [0.1, 0.15) is 309 Å². The van der Waals surface area contributed by atoms with Gasteiger partial charge in [-0.3, -0.25) is 0 Å². The van der Waals surface area contributed by atoms with Gasteiger partial charge >= 0.3 is 0 Å². The van der Waals surface area contributed by atoms with Crippen molar-refractivity contribution >= 4 is 47.9 Å². The molecule has 128 heavy (non-hydrogen) atoms. The summed E-state index contributed by atoms with van der Waals surface area (Å²) >= 11 is 0. The lowest BCUT2D eigenvalue weighted by atomic mass is 9.99. The molecule has 5 aliphatic heterocycles. The lowest BCUT2D eigenvalue weighted by molar-refractivity contribution is 0.0478. The Balaban J connectivity index is -0.00000133. The van der Waals surface area contributed by atoms with Crippen LogP contribution in [0.5, 0.6) is 0 Å². The van der Waals surface area contributed by atoms with E-state index in [4.69, 9.17) is 47.4 Å². The zero-order chi connectivity index (χ0) is 96.6. The van der Waals surface area contributed by atoms with Crippen molar-refractivity contribution < 1.29 is 47.4 Å². The molecule has 3 saturated carbocycles. The normalized spacial score (nSPS) is 18.0. The highest BCUT2D eigenvalue weighted by atomic mass is 28.3. The third-order valence-electron chi connectivity index (χ3n) is 23.2. The van der Waals surface area contributed by atoms with E-state index in [9.17, 15) is 0 Å². The topological polar surface area (TPSA) is 109 Å². The number of epoxide rings is 5. The highest BCUT2D eigenvalue weighted by Crippen LogP contribution is 2.48. The molecule has 4 aromatic rings. The summed E-state index contributed by atoms with van der Waals surface area (Å²) in [6.07, 6.45) is 53.1. The maximum Gasteiger partial charge on any atom is 0.181 e. The number of hydrogen-bond donors (Lipinski definition) is 0. The Morgan fingerprint density at radius 1 is 0.289 bits per heavy atom. The number of unbranched alkanes of at least 4 members (excludes halogenated alkanes) is 10.